The summed E-state index contributed by atoms with van der Waals surface area (Å²) < 4.78 is 37.8. The maximum atomic E-state index is 12.3. The van der Waals surface area contributed by atoms with Gasteiger partial charge in [-0.25, -0.2) is 9.13 Å². The lowest BCUT2D eigenvalue weighted by molar-refractivity contribution is 0.136. The van der Waals surface area contributed by atoms with Crippen LogP contribution in [-0.2, 0) is 22.5 Å². The minimum Gasteiger partial charge on any atom is -0.396 e. The summed E-state index contributed by atoms with van der Waals surface area (Å²) in [5.74, 6) is 0. The van der Waals surface area contributed by atoms with Gasteiger partial charge in [-0.1, -0.05) is 97.8 Å². The highest BCUT2D eigenvalue weighted by Crippen LogP contribution is 2.61. The fourth-order valence-corrected chi connectivity index (χ4v) is 4.89. The monoisotopic (exact) mass is 490 g/mol. The van der Waals surface area contributed by atoms with Gasteiger partial charge >= 0.3 is 15.6 Å². The van der Waals surface area contributed by atoms with E-state index < -0.39 is 15.6 Å². The van der Waals surface area contributed by atoms with Crippen molar-refractivity contribution in [3.05, 3.63) is 0 Å². The van der Waals surface area contributed by atoms with E-state index in [0.717, 1.165) is 64.2 Å². The molecule has 0 aliphatic heterocycles. The lowest BCUT2D eigenvalue weighted by Crippen LogP contribution is -2.02. The second-order valence-corrected chi connectivity index (χ2v) is 10.7. The zero-order valence-corrected chi connectivity index (χ0v) is 21.8. The van der Waals surface area contributed by atoms with Crippen molar-refractivity contribution in [3.63, 3.8) is 0 Å². The fraction of sp³-hybridized carbons (Fsp3) is 1.00. The van der Waals surface area contributed by atoms with Gasteiger partial charge in [0.25, 0.3) is 0 Å². The van der Waals surface area contributed by atoms with Crippen molar-refractivity contribution < 1.29 is 37.4 Å². The van der Waals surface area contributed by atoms with E-state index in [2.05, 4.69) is 25.1 Å². The molecule has 0 spiro atoms. The third-order valence-electron chi connectivity index (χ3n) is 4.46. The minimum atomic E-state index is -4.94. The molecule has 0 heterocycles. The lowest BCUT2D eigenvalue weighted by Gasteiger charge is -2.18. The molecule has 0 aromatic rings. The number of aliphatic hydroxyl groups excluding tert-OH is 1. The van der Waals surface area contributed by atoms with Crippen molar-refractivity contribution in [3.8, 4) is 0 Å². The Hall–Kier alpha value is 0.220. The number of hydrogen-bond donors (Lipinski definition) is 3. The van der Waals surface area contributed by atoms with Crippen molar-refractivity contribution in [1.29, 1.82) is 0 Å². The van der Waals surface area contributed by atoms with Crippen LogP contribution in [0.25, 0.3) is 0 Å². The topological polar surface area (TPSA) is 123 Å². The summed E-state index contributed by atoms with van der Waals surface area (Å²) in [5.41, 5.74) is 0. The van der Waals surface area contributed by atoms with Crippen LogP contribution in [0.15, 0.2) is 0 Å². The van der Waals surface area contributed by atoms with Crippen molar-refractivity contribution in [2.75, 3.05) is 19.8 Å². The minimum absolute atomic E-state index is 0.0971. The molecule has 0 atom stereocenters. The molecule has 0 aromatic carbocycles. The van der Waals surface area contributed by atoms with Crippen LogP contribution in [-0.4, -0.2) is 34.7 Å². The molecule has 3 N–H and O–H groups in total. The summed E-state index contributed by atoms with van der Waals surface area (Å²) in [6.07, 6.45) is 15.5. The molecule has 0 saturated carbocycles. The molecule has 0 rings (SSSR count). The first kappa shape index (κ1) is 33.4. The first-order chi connectivity index (χ1) is 14.7. The van der Waals surface area contributed by atoms with Gasteiger partial charge in [-0.05, 0) is 19.3 Å². The smallest absolute Gasteiger partial charge is 0.396 e. The Bertz CT molecular complexity index is 431. The van der Waals surface area contributed by atoms with Crippen molar-refractivity contribution in [2.24, 2.45) is 0 Å². The van der Waals surface area contributed by atoms with E-state index in [1.54, 1.807) is 0 Å². The first-order valence-corrected chi connectivity index (χ1v) is 15.0. The molecule has 10 heteroatoms. The number of unbranched alkanes of at least 4 members (excludes halogenated alkanes) is 12. The van der Waals surface area contributed by atoms with Gasteiger partial charge in [-0.15, -0.1) is 0 Å². The maximum absolute atomic E-state index is 12.3. The summed E-state index contributed by atoms with van der Waals surface area (Å²) in [5, 5.41) is 8.20. The van der Waals surface area contributed by atoms with Crippen molar-refractivity contribution in [2.45, 2.75) is 117 Å². The van der Waals surface area contributed by atoms with Gasteiger partial charge in [-0.2, -0.15) is 4.31 Å². The standard InChI is InChI=1S/C16H36O7P2.C5H12O/c1-3-5-7-9-11-13-15-21-25(20,23-24(17,18)19)22-16-14-12-10-8-6-4-2;1-2-3-4-5-6/h3-16H2,1-2H3,(H2,17,18,19);6H,2-5H2,1H3. The van der Waals surface area contributed by atoms with E-state index in [9.17, 15) is 9.13 Å². The molecule has 0 amide bonds. The number of rotatable bonds is 21. The number of hydrogen-bond acceptors (Lipinski definition) is 6. The van der Waals surface area contributed by atoms with Gasteiger partial charge in [0, 0.05) is 6.61 Å². The van der Waals surface area contributed by atoms with Gasteiger partial charge in [0.1, 0.15) is 0 Å². The molecule has 0 bridgehead atoms. The highest BCUT2D eigenvalue weighted by atomic mass is 31.3. The molecule has 0 aromatic heterocycles. The zero-order chi connectivity index (χ0) is 23.8. The largest absolute Gasteiger partial charge is 0.483 e. The van der Waals surface area contributed by atoms with E-state index in [1.807, 2.05) is 0 Å². The molecular weight excluding hydrogens is 442 g/mol. The van der Waals surface area contributed by atoms with E-state index in [0.29, 0.717) is 19.4 Å². The first-order valence-electron chi connectivity index (χ1n) is 12.0. The average molecular weight is 491 g/mol. The molecule has 0 aliphatic rings. The molecule has 0 radical (unpaired) electrons. The Kier molecular flexibility index (Phi) is 25.2. The van der Waals surface area contributed by atoms with Gasteiger partial charge in [0.15, 0.2) is 0 Å². The molecule has 0 unspecified atom stereocenters. The van der Waals surface area contributed by atoms with Crippen LogP contribution in [0.5, 0.6) is 0 Å². The zero-order valence-electron chi connectivity index (χ0n) is 20.0. The van der Waals surface area contributed by atoms with Crippen molar-refractivity contribution >= 4 is 15.6 Å². The fourth-order valence-electron chi connectivity index (χ4n) is 2.69. The number of phosphoric ester groups is 1. The highest BCUT2D eigenvalue weighted by Gasteiger charge is 2.35. The van der Waals surface area contributed by atoms with Crippen LogP contribution in [0.2, 0.25) is 0 Å². The number of aliphatic hydroxyl groups is 1. The van der Waals surface area contributed by atoms with Crippen LogP contribution in [0.1, 0.15) is 117 Å². The molecule has 0 fully saturated rings. The van der Waals surface area contributed by atoms with Crippen LogP contribution < -0.4 is 0 Å². The van der Waals surface area contributed by atoms with Crippen LogP contribution >= 0.6 is 15.6 Å². The Morgan fingerprint density at radius 3 is 1.26 bits per heavy atom. The molecule has 31 heavy (non-hydrogen) atoms. The summed E-state index contributed by atoms with van der Waals surface area (Å²) in [7, 11) is -9.17. The molecule has 0 aliphatic carbocycles. The molecule has 0 saturated heterocycles. The quantitative estimate of drug-likeness (QED) is 0.115. The third-order valence-corrected chi connectivity index (χ3v) is 7.11. The normalized spacial score (nSPS) is 11.9. The lowest BCUT2D eigenvalue weighted by atomic mass is 10.1. The average Bonchev–Trinajstić information content (AvgIpc) is 2.70. The predicted octanol–water partition coefficient (Wildman–Crippen LogP) is 7.13. The summed E-state index contributed by atoms with van der Waals surface area (Å²) >= 11 is 0. The second kappa shape index (κ2) is 23.4. The Morgan fingerprint density at radius 2 is 0.935 bits per heavy atom. The van der Waals surface area contributed by atoms with Crippen LogP contribution in [0.4, 0.5) is 0 Å². The summed E-state index contributed by atoms with van der Waals surface area (Å²) in [6.45, 7) is 6.95. The van der Waals surface area contributed by atoms with E-state index in [-0.39, 0.29) is 13.2 Å². The van der Waals surface area contributed by atoms with E-state index in [4.69, 9.17) is 23.9 Å². The summed E-state index contributed by atoms with van der Waals surface area (Å²) in [4.78, 5) is 17.8. The molecular formula is C21H48O8P2. The van der Waals surface area contributed by atoms with Gasteiger partial charge < -0.3 is 14.9 Å². The molecule has 8 nitrogen and oxygen atoms in total. The summed E-state index contributed by atoms with van der Waals surface area (Å²) in [6, 6.07) is 0. The number of phosphoric acid groups is 2. The SMILES string of the molecule is CCCCCCCCOP(=O)(OCCCCCCCC)OP(=O)(O)O.CCCCCO. The van der Waals surface area contributed by atoms with Gasteiger partial charge in [0.2, 0.25) is 0 Å². The predicted molar refractivity (Wildman–Crippen MR) is 126 cm³/mol. The van der Waals surface area contributed by atoms with Gasteiger partial charge in [0.05, 0.1) is 13.2 Å². The second-order valence-electron chi connectivity index (χ2n) is 7.65. The van der Waals surface area contributed by atoms with Gasteiger partial charge in [-0.3, -0.25) is 9.05 Å². The van der Waals surface area contributed by atoms with E-state index >= 15 is 0 Å². The molecule has 190 valence electrons. The Balaban J connectivity index is 0. The third kappa shape index (κ3) is 28.2. The Labute approximate surface area is 190 Å². The highest BCUT2D eigenvalue weighted by molar-refractivity contribution is 7.61. The van der Waals surface area contributed by atoms with Crippen LogP contribution in [0.3, 0.4) is 0 Å². The van der Waals surface area contributed by atoms with Crippen molar-refractivity contribution in [1.82, 2.24) is 0 Å². The van der Waals surface area contributed by atoms with E-state index in [1.165, 1.54) is 19.3 Å². The Morgan fingerprint density at radius 1 is 0.581 bits per heavy atom. The van der Waals surface area contributed by atoms with Crippen LogP contribution in [0, 0.1) is 0 Å². The maximum Gasteiger partial charge on any atom is 0.483 e.